The van der Waals surface area contributed by atoms with E-state index in [1.54, 1.807) is 11.0 Å². The normalized spacial score (nSPS) is 14.5. The van der Waals surface area contributed by atoms with Crippen molar-refractivity contribution in [3.63, 3.8) is 0 Å². The summed E-state index contributed by atoms with van der Waals surface area (Å²) >= 11 is 0. The second-order valence-electron chi connectivity index (χ2n) is 5.30. The number of carboxylic acids is 1. The Hall–Kier alpha value is -2.76. The van der Waals surface area contributed by atoms with Gasteiger partial charge in [-0.05, 0) is 22.8 Å². The zero-order valence-electron chi connectivity index (χ0n) is 11.9. The number of amides is 2. The van der Waals surface area contributed by atoms with Crippen molar-refractivity contribution in [1.29, 1.82) is 0 Å². The van der Waals surface area contributed by atoms with Gasteiger partial charge in [-0.3, -0.25) is 0 Å². The molecule has 3 rings (SSSR count). The van der Waals surface area contributed by atoms with Crippen LogP contribution in [0.5, 0.6) is 0 Å². The van der Waals surface area contributed by atoms with Crippen molar-refractivity contribution in [2.45, 2.75) is 25.6 Å². The molecule has 1 aromatic carbocycles. The van der Waals surface area contributed by atoms with E-state index in [4.69, 9.17) is 4.42 Å². The average molecular weight is 300 g/mol. The Kier molecular flexibility index (Phi) is 3.82. The molecule has 1 aliphatic rings. The van der Waals surface area contributed by atoms with E-state index in [2.05, 4.69) is 5.32 Å². The molecule has 2 N–H and O–H groups in total. The molecule has 0 aliphatic carbocycles. The Balaban J connectivity index is 1.64. The minimum Gasteiger partial charge on any atom is -0.480 e. The third-order valence-corrected chi connectivity index (χ3v) is 3.74. The molecule has 0 saturated heterocycles. The standard InChI is InChI=1S/C16H16N2O4/c19-15(20)14(7-11-5-6-22-10-11)17-16(21)18-8-12-3-1-2-4-13(12)9-18/h1-6,10,14H,7-9H2,(H,17,21)(H,19,20). The number of aliphatic carboxylic acids is 1. The van der Waals surface area contributed by atoms with Crippen LogP contribution in [-0.4, -0.2) is 28.0 Å². The van der Waals surface area contributed by atoms with E-state index in [0.29, 0.717) is 13.1 Å². The molecule has 0 radical (unpaired) electrons. The number of carbonyl (C=O) groups excluding carboxylic acids is 1. The van der Waals surface area contributed by atoms with Gasteiger partial charge in [-0.25, -0.2) is 9.59 Å². The minimum absolute atomic E-state index is 0.193. The first-order valence-electron chi connectivity index (χ1n) is 6.99. The third-order valence-electron chi connectivity index (χ3n) is 3.74. The Morgan fingerprint density at radius 1 is 1.23 bits per heavy atom. The molecule has 1 aromatic heterocycles. The van der Waals surface area contributed by atoms with Gasteiger partial charge in [0.2, 0.25) is 0 Å². The molecule has 1 unspecified atom stereocenters. The molecule has 2 heterocycles. The number of furan rings is 1. The Morgan fingerprint density at radius 3 is 2.45 bits per heavy atom. The van der Waals surface area contributed by atoms with Crippen molar-refractivity contribution in [3.8, 4) is 0 Å². The van der Waals surface area contributed by atoms with Crippen LogP contribution in [0.2, 0.25) is 0 Å². The summed E-state index contributed by atoms with van der Waals surface area (Å²) in [6, 6.07) is 8.15. The van der Waals surface area contributed by atoms with Crippen LogP contribution >= 0.6 is 0 Å². The maximum atomic E-state index is 12.3. The topological polar surface area (TPSA) is 82.8 Å². The van der Waals surface area contributed by atoms with Gasteiger partial charge in [0, 0.05) is 19.5 Å². The van der Waals surface area contributed by atoms with Gasteiger partial charge in [0.05, 0.1) is 12.5 Å². The highest BCUT2D eigenvalue weighted by Gasteiger charge is 2.27. The van der Waals surface area contributed by atoms with E-state index in [9.17, 15) is 14.7 Å². The van der Waals surface area contributed by atoms with Crippen LogP contribution in [-0.2, 0) is 24.3 Å². The predicted octanol–water partition coefficient (Wildman–Crippen LogP) is 2.00. The number of nitrogens with one attached hydrogen (secondary N) is 1. The minimum atomic E-state index is -1.06. The fourth-order valence-electron chi connectivity index (χ4n) is 2.56. The Bertz CT molecular complexity index is 656. The van der Waals surface area contributed by atoms with Gasteiger partial charge in [-0.2, -0.15) is 0 Å². The summed E-state index contributed by atoms with van der Waals surface area (Å²) in [4.78, 5) is 25.2. The lowest BCUT2D eigenvalue weighted by molar-refractivity contribution is -0.139. The lowest BCUT2D eigenvalue weighted by Gasteiger charge is -2.20. The first-order chi connectivity index (χ1) is 10.6. The summed E-state index contributed by atoms with van der Waals surface area (Å²) in [6.07, 6.45) is 3.15. The molecule has 2 amide bonds. The van der Waals surface area contributed by atoms with Crippen molar-refractivity contribution in [2.24, 2.45) is 0 Å². The number of hydrogen-bond acceptors (Lipinski definition) is 3. The lowest BCUT2D eigenvalue weighted by Crippen LogP contribution is -2.47. The molecular formula is C16H16N2O4. The highest BCUT2D eigenvalue weighted by Crippen LogP contribution is 2.22. The smallest absolute Gasteiger partial charge is 0.326 e. The van der Waals surface area contributed by atoms with Crippen LogP contribution in [0.3, 0.4) is 0 Å². The molecule has 1 aliphatic heterocycles. The van der Waals surface area contributed by atoms with E-state index < -0.39 is 12.0 Å². The maximum absolute atomic E-state index is 12.3. The third kappa shape index (κ3) is 2.95. The number of carbonyl (C=O) groups is 2. The Morgan fingerprint density at radius 2 is 1.91 bits per heavy atom. The highest BCUT2D eigenvalue weighted by atomic mass is 16.4. The van der Waals surface area contributed by atoms with Gasteiger partial charge >= 0.3 is 12.0 Å². The van der Waals surface area contributed by atoms with Gasteiger partial charge in [0.1, 0.15) is 6.04 Å². The molecule has 6 heteroatoms. The summed E-state index contributed by atoms with van der Waals surface area (Å²) in [6.45, 7) is 1.00. The number of nitrogens with zero attached hydrogens (tertiary/aromatic N) is 1. The fourth-order valence-corrected chi connectivity index (χ4v) is 2.56. The van der Waals surface area contributed by atoms with Crippen molar-refractivity contribution < 1.29 is 19.1 Å². The number of rotatable bonds is 4. The van der Waals surface area contributed by atoms with Crippen molar-refractivity contribution in [1.82, 2.24) is 10.2 Å². The second-order valence-corrected chi connectivity index (χ2v) is 5.30. The SMILES string of the molecule is O=C(O)C(Cc1ccoc1)NC(=O)N1Cc2ccccc2C1. The van der Waals surface area contributed by atoms with Gasteiger partial charge in [0.15, 0.2) is 0 Å². The molecule has 0 fully saturated rings. The fraction of sp³-hybridized carbons (Fsp3) is 0.250. The number of benzene rings is 1. The second kappa shape index (κ2) is 5.93. The first kappa shape index (κ1) is 14.2. The number of urea groups is 1. The zero-order chi connectivity index (χ0) is 15.5. The van der Waals surface area contributed by atoms with E-state index in [-0.39, 0.29) is 12.5 Å². The summed E-state index contributed by atoms with van der Waals surface area (Å²) in [7, 11) is 0. The van der Waals surface area contributed by atoms with Gasteiger partial charge in [0.25, 0.3) is 0 Å². The molecule has 0 saturated carbocycles. The number of carboxylic acid groups (broad SMARTS) is 1. The van der Waals surface area contributed by atoms with Gasteiger partial charge < -0.3 is 19.7 Å². The zero-order valence-corrected chi connectivity index (χ0v) is 11.9. The van der Waals surface area contributed by atoms with Crippen LogP contribution in [0, 0.1) is 0 Å². The lowest BCUT2D eigenvalue weighted by atomic mass is 10.1. The molecule has 22 heavy (non-hydrogen) atoms. The van der Waals surface area contributed by atoms with E-state index in [1.165, 1.54) is 12.5 Å². The molecule has 0 spiro atoms. The first-order valence-corrected chi connectivity index (χ1v) is 6.99. The van der Waals surface area contributed by atoms with Crippen molar-refractivity contribution >= 4 is 12.0 Å². The number of hydrogen-bond donors (Lipinski definition) is 2. The molecular weight excluding hydrogens is 284 g/mol. The van der Waals surface area contributed by atoms with Crippen molar-refractivity contribution in [3.05, 3.63) is 59.5 Å². The van der Waals surface area contributed by atoms with E-state index in [1.807, 2.05) is 24.3 Å². The predicted molar refractivity (Wildman–Crippen MR) is 78.1 cm³/mol. The average Bonchev–Trinajstić information content (AvgIpc) is 3.15. The quantitative estimate of drug-likeness (QED) is 0.904. The van der Waals surface area contributed by atoms with Crippen LogP contribution in [0.25, 0.3) is 0 Å². The Labute approximate surface area is 127 Å². The largest absolute Gasteiger partial charge is 0.480 e. The van der Waals surface area contributed by atoms with Crippen LogP contribution < -0.4 is 5.32 Å². The monoisotopic (exact) mass is 300 g/mol. The summed E-state index contributed by atoms with van der Waals surface area (Å²) in [5, 5.41) is 11.9. The number of fused-ring (bicyclic) bond motifs is 1. The van der Waals surface area contributed by atoms with Crippen LogP contribution in [0.1, 0.15) is 16.7 Å². The molecule has 6 nitrogen and oxygen atoms in total. The van der Waals surface area contributed by atoms with Crippen molar-refractivity contribution in [2.75, 3.05) is 0 Å². The van der Waals surface area contributed by atoms with Crippen LogP contribution in [0.4, 0.5) is 4.79 Å². The van der Waals surface area contributed by atoms with Gasteiger partial charge in [-0.15, -0.1) is 0 Å². The summed E-state index contributed by atoms with van der Waals surface area (Å²) in [5.41, 5.74) is 2.93. The van der Waals surface area contributed by atoms with Gasteiger partial charge in [-0.1, -0.05) is 24.3 Å². The maximum Gasteiger partial charge on any atom is 0.326 e. The molecule has 0 bridgehead atoms. The van der Waals surface area contributed by atoms with Crippen LogP contribution in [0.15, 0.2) is 47.3 Å². The molecule has 2 aromatic rings. The summed E-state index contributed by atoms with van der Waals surface area (Å²) < 4.78 is 4.93. The van der Waals surface area contributed by atoms with E-state index in [0.717, 1.165) is 16.7 Å². The molecule has 114 valence electrons. The highest BCUT2D eigenvalue weighted by molar-refractivity contribution is 5.83. The van der Waals surface area contributed by atoms with E-state index >= 15 is 0 Å². The molecule has 1 atom stereocenters. The summed E-state index contributed by atoms with van der Waals surface area (Å²) in [5.74, 6) is -1.06.